The molecule has 0 heterocycles. The van der Waals surface area contributed by atoms with Crippen LogP contribution in [-0.4, -0.2) is 42.5 Å². The van der Waals surface area contributed by atoms with Crippen LogP contribution in [0.2, 0.25) is 0 Å². The SMILES string of the molecule is CCCCOc1ccc(NC(=O)CCN(CC(=O)Nc2cc(C)ccc2C)C2CC2)cc1. The van der Waals surface area contributed by atoms with Gasteiger partial charge in [0.05, 0.1) is 13.2 Å². The molecule has 1 aliphatic carbocycles. The van der Waals surface area contributed by atoms with Crippen LogP contribution in [0.4, 0.5) is 11.4 Å². The van der Waals surface area contributed by atoms with Crippen LogP contribution in [0.25, 0.3) is 0 Å². The number of aryl methyl sites for hydroxylation is 2. The fourth-order valence-corrected chi connectivity index (χ4v) is 3.51. The first-order chi connectivity index (χ1) is 15.4. The maximum absolute atomic E-state index is 12.6. The number of ether oxygens (including phenoxy) is 1. The number of anilines is 2. The van der Waals surface area contributed by atoms with Gasteiger partial charge in [-0.05, 0) is 74.6 Å². The van der Waals surface area contributed by atoms with Gasteiger partial charge in [0, 0.05) is 30.4 Å². The highest BCUT2D eigenvalue weighted by Gasteiger charge is 2.30. The standard InChI is InChI=1S/C26H35N3O3/c1-4-5-16-32-23-12-8-21(9-13-23)27-25(30)14-15-29(22-10-11-22)18-26(31)28-24-17-19(2)6-7-20(24)3/h6-9,12-13,17,22H,4-5,10-11,14-16,18H2,1-3H3,(H,27,30)(H,28,31). The Balaban J connectivity index is 1.45. The van der Waals surface area contributed by atoms with E-state index in [2.05, 4.69) is 22.5 Å². The van der Waals surface area contributed by atoms with E-state index in [-0.39, 0.29) is 11.8 Å². The molecule has 2 aromatic carbocycles. The van der Waals surface area contributed by atoms with Gasteiger partial charge in [-0.2, -0.15) is 0 Å². The zero-order chi connectivity index (χ0) is 22.9. The summed E-state index contributed by atoms with van der Waals surface area (Å²) in [4.78, 5) is 27.2. The molecule has 0 saturated heterocycles. The van der Waals surface area contributed by atoms with Gasteiger partial charge in [-0.1, -0.05) is 25.5 Å². The van der Waals surface area contributed by atoms with E-state index in [1.165, 1.54) is 0 Å². The molecule has 0 radical (unpaired) electrons. The van der Waals surface area contributed by atoms with E-state index in [0.717, 1.165) is 53.9 Å². The van der Waals surface area contributed by atoms with Gasteiger partial charge in [0.15, 0.2) is 0 Å². The van der Waals surface area contributed by atoms with Crippen molar-refractivity contribution in [2.45, 2.75) is 58.9 Å². The lowest BCUT2D eigenvalue weighted by Crippen LogP contribution is -2.37. The van der Waals surface area contributed by atoms with Crippen molar-refractivity contribution in [2.75, 3.05) is 30.3 Å². The first-order valence-electron chi connectivity index (χ1n) is 11.6. The third-order valence-corrected chi connectivity index (χ3v) is 5.61. The highest BCUT2D eigenvalue weighted by molar-refractivity contribution is 5.93. The van der Waals surface area contributed by atoms with Gasteiger partial charge >= 0.3 is 0 Å². The minimum atomic E-state index is -0.0507. The van der Waals surface area contributed by atoms with Crippen molar-refractivity contribution in [2.24, 2.45) is 0 Å². The number of amides is 2. The second kappa shape index (κ2) is 11.7. The summed E-state index contributed by atoms with van der Waals surface area (Å²) < 4.78 is 5.65. The van der Waals surface area contributed by atoms with Crippen LogP contribution in [0, 0.1) is 13.8 Å². The van der Waals surface area contributed by atoms with Crippen LogP contribution in [0.15, 0.2) is 42.5 Å². The number of carbonyl (C=O) groups excluding carboxylic acids is 2. The summed E-state index contributed by atoms with van der Waals surface area (Å²) in [5.74, 6) is 0.723. The summed E-state index contributed by atoms with van der Waals surface area (Å²) in [5.41, 5.74) is 3.76. The monoisotopic (exact) mass is 437 g/mol. The second-order valence-corrected chi connectivity index (χ2v) is 8.59. The predicted molar refractivity (Wildman–Crippen MR) is 129 cm³/mol. The summed E-state index contributed by atoms with van der Waals surface area (Å²) in [6.07, 6.45) is 4.63. The molecule has 0 spiro atoms. The maximum Gasteiger partial charge on any atom is 0.238 e. The molecule has 32 heavy (non-hydrogen) atoms. The number of hydrogen-bond donors (Lipinski definition) is 2. The van der Waals surface area contributed by atoms with Crippen molar-refractivity contribution in [3.63, 3.8) is 0 Å². The smallest absolute Gasteiger partial charge is 0.238 e. The molecule has 0 aromatic heterocycles. The minimum Gasteiger partial charge on any atom is -0.494 e. The third kappa shape index (κ3) is 7.68. The molecule has 2 aromatic rings. The highest BCUT2D eigenvalue weighted by atomic mass is 16.5. The molecular weight excluding hydrogens is 402 g/mol. The predicted octanol–water partition coefficient (Wildman–Crippen LogP) is 4.91. The molecule has 2 amide bonds. The van der Waals surface area contributed by atoms with Crippen molar-refractivity contribution in [3.8, 4) is 5.75 Å². The Labute approximate surface area is 191 Å². The van der Waals surface area contributed by atoms with Crippen LogP contribution in [-0.2, 0) is 9.59 Å². The Morgan fingerprint density at radius 2 is 1.78 bits per heavy atom. The van der Waals surface area contributed by atoms with Crippen molar-refractivity contribution in [1.29, 1.82) is 0 Å². The minimum absolute atomic E-state index is 0.0373. The van der Waals surface area contributed by atoms with E-state index in [9.17, 15) is 9.59 Å². The Hall–Kier alpha value is -2.86. The van der Waals surface area contributed by atoms with E-state index >= 15 is 0 Å². The number of hydrogen-bond acceptors (Lipinski definition) is 4. The summed E-state index contributed by atoms with van der Waals surface area (Å²) in [6, 6.07) is 13.9. The van der Waals surface area contributed by atoms with Crippen LogP contribution >= 0.6 is 0 Å². The number of unbranched alkanes of at least 4 members (excludes halogenated alkanes) is 1. The molecule has 1 fully saturated rings. The van der Waals surface area contributed by atoms with E-state index in [1.54, 1.807) is 0 Å². The second-order valence-electron chi connectivity index (χ2n) is 8.59. The molecule has 0 aliphatic heterocycles. The normalized spacial score (nSPS) is 13.1. The van der Waals surface area contributed by atoms with Crippen LogP contribution in [0.3, 0.4) is 0 Å². The molecule has 2 N–H and O–H groups in total. The molecule has 0 unspecified atom stereocenters. The van der Waals surface area contributed by atoms with Gasteiger partial charge < -0.3 is 15.4 Å². The number of nitrogens with zero attached hydrogens (tertiary/aromatic N) is 1. The molecule has 6 heteroatoms. The fourth-order valence-electron chi connectivity index (χ4n) is 3.51. The zero-order valence-corrected chi connectivity index (χ0v) is 19.4. The molecule has 1 saturated carbocycles. The van der Waals surface area contributed by atoms with Crippen molar-refractivity contribution in [3.05, 3.63) is 53.6 Å². The summed E-state index contributed by atoms with van der Waals surface area (Å²) in [5, 5.41) is 5.96. The van der Waals surface area contributed by atoms with Gasteiger partial charge in [0.2, 0.25) is 11.8 Å². The number of benzene rings is 2. The van der Waals surface area contributed by atoms with Crippen molar-refractivity contribution >= 4 is 23.2 Å². The summed E-state index contributed by atoms with van der Waals surface area (Å²) in [7, 11) is 0. The zero-order valence-electron chi connectivity index (χ0n) is 19.4. The van der Waals surface area contributed by atoms with Gasteiger partial charge in [-0.3, -0.25) is 14.5 Å². The van der Waals surface area contributed by atoms with Gasteiger partial charge in [-0.25, -0.2) is 0 Å². The number of nitrogens with one attached hydrogen (secondary N) is 2. The van der Waals surface area contributed by atoms with Crippen LogP contribution in [0.5, 0.6) is 5.75 Å². The Kier molecular flexibility index (Phi) is 8.68. The maximum atomic E-state index is 12.6. The first-order valence-corrected chi connectivity index (χ1v) is 11.6. The summed E-state index contributed by atoms with van der Waals surface area (Å²) in [6.45, 7) is 7.70. The summed E-state index contributed by atoms with van der Waals surface area (Å²) >= 11 is 0. The molecule has 0 atom stereocenters. The molecule has 3 rings (SSSR count). The van der Waals surface area contributed by atoms with Gasteiger partial charge in [-0.15, -0.1) is 0 Å². The number of carbonyl (C=O) groups is 2. The third-order valence-electron chi connectivity index (χ3n) is 5.61. The van der Waals surface area contributed by atoms with E-state index in [1.807, 2.05) is 56.3 Å². The Morgan fingerprint density at radius 3 is 2.47 bits per heavy atom. The lowest BCUT2D eigenvalue weighted by molar-refractivity contribution is -0.119. The fraction of sp³-hybridized carbons (Fsp3) is 0.462. The molecule has 1 aliphatic rings. The van der Waals surface area contributed by atoms with Crippen LogP contribution < -0.4 is 15.4 Å². The van der Waals surface area contributed by atoms with Gasteiger partial charge in [0.25, 0.3) is 0 Å². The molecule has 0 bridgehead atoms. The van der Waals surface area contributed by atoms with Crippen molar-refractivity contribution < 1.29 is 14.3 Å². The van der Waals surface area contributed by atoms with Crippen molar-refractivity contribution in [1.82, 2.24) is 4.90 Å². The largest absolute Gasteiger partial charge is 0.494 e. The average molecular weight is 438 g/mol. The first kappa shape index (κ1) is 23.8. The number of rotatable bonds is 12. The van der Waals surface area contributed by atoms with Gasteiger partial charge in [0.1, 0.15) is 5.75 Å². The van der Waals surface area contributed by atoms with Crippen LogP contribution in [0.1, 0.15) is 50.2 Å². The van der Waals surface area contributed by atoms with E-state index < -0.39 is 0 Å². The molecule has 6 nitrogen and oxygen atoms in total. The average Bonchev–Trinajstić information content (AvgIpc) is 3.60. The lowest BCUT2D eigenvalue weighted by atomic mass is 10.1. The molecule has 172 valence electrons. The topological polar surface area (TPSA) is 70.7 Å². The lowest BCUT2D eigenvalue weighted by Gasteiger charge is -2.21. The van der Waals surface area contributed by atoms with E-state index in [0.29, 0.717) is 32.2 Å². The molecular formula is C26H35N3O3. The highest BCUT2D eigenvalue weighted by Crippen LogP contribution is 2.27. The Bertz CT molecular complexity index is 907. The van der Waals surface area contributed by atoms with E-state index in [4.69, 9.17) is 4.74 Å². The quantitative estimate of drug-likeness (QED) is 0.463. The Morgan fingerprint density at radius 1 is 1.03 bits per heavy atom.